The molecule has 0 aliphatic heterocycles. The number of halogens is 1. The number of anilines is 1. The highest BCUT2D eigenvalue weighted by Gasteiger charge is 2.09. The van der Waals surface area contributed by atoms with Gasteiger partial charge in [-0.3, -0.25) is 4.79 Å². The third kappa shape index (κ3) is 3.12. The minimum atomic E-state index is -0.346. The number of benzene rings is 1. The lowest BCUT2D eigenvalue weighted by atomic mass is 10.1. The Morgan fingerprint density at radius 2 is 2.15 bits per heavy atom. The van der Waals surface area contributed by atoms with Crippen molar-refractivity contribution in [2.75, 3.05) is 12.4 Å². The van der Waals surface area contributed by atoms with Gasteiger partial charge in [0.05, 0.1) is 13.3 Å². The fourth-order valence-corrected chi connectivity index (χ4v) is 1.75. The molecule has 4 nitrogen and oxygen atoms in total. The number of hydrogen-bond donors (Lipinski definition) is 1. The highest BCUT2D eigenvalue weighted by Crippen LogP contribution is 2.16. The van der Waals surface area contributed by atoms with Crippen molar-refractivity contribution in [3.05, 3.63) is 53.6 Å². The molecule has 1 amide bonds. The van der Waals surface area contributed by atoms with Crippen LogP contribution in [0, 0.1) is 5.82 Å². The van der Waals surface area contributed by atoms with Crippen LogP contribution < -0.4 is 10.1 Å². The van der Waals surface area contributed by atoms with E-state index in [4.69, 9.17) is 4.74 Å². The summed E-state index contributed by atoms with van der Waals surface area (Å²) in [7, 11) is 1.53. The van der Waals surface area contributed by atoms with Crippen molar-refractivity contribution in [3.63, 3.8) is 0 Å². The lowest BCUT2D eigenvalue weighted by Crippen LogP contribution is -2.13. The number of methoxy groups -OCH3 is 1. The molecule has 0 saturated heterocycles. The van der Waals surface area contributed by atoms with Crippen LogP contribution in [0.5, 0.6) is 5.75 Å². The van der Waals surface area contributed by atoms with Crippen molar-refractivity contribution in [3.8, 4) is 5.75 Å². The van der Waals surface area contributed by atoms with Crippen molar-refractivity contribution < 1.29 is 13.9 Å². The summed E-state index contributed by atoms with van der Waals surface area (Å²) >= 11 is 0. The first kappa shape index (κ1) is 14.0. The molecule has 0 unspecified atom stereocenters. The normalized spacial score (nSPS) is 10.2. The molecule has 0 radical (unpaired) electrons. The van der Waals surface area contributed by atoms with Gasteiger partial charge >= 0.3 is 0 Å². The number of carbonyl (C=O) groups is 1. The molecule has 0 atom stereocenters. The number of hydrogen-bond acceptors (Lipinski definition) is 3. The van der Waals surface area contributed by atoms with Gasteiger partial charge in [0, 0.05) is 5.69 Å². The quantitative estimate of drug-likeness (QED) is 0.932. The topological polar surface area (TPSA) is 51.2 Å². The number of nitrogens with zero attached hydrogens (tertiary/aromatic N) is 1. The molecule has 104 valence electrons. The lowest BCUT2D eigenvalue weighted by molar-refractivity contribution is 0.102. The molecule has 0 saturated carbocycles. The SMILES string of the molecule is CCc1cc(NC(=O)c2ccc(OC)cn2)ccc1F. The molecule has 0 aliphatic rings. The van der Waals surface area contributed by atoms with Gasteiger partial charge in [0.1, 0.15) is 17.3 Å². The number of rotatable bonds is 4. The van der Waals surface area contributed by atoms with E-state index in [1.807, 2.05) is 6.92 Å². The number of aryl methyl sites for hydroxylation is 1. The zero-order valence-electron chi connectivity index (χ0n) is 11.3. The zero-order chi connectivity index (χ0) is 14.5. The monoisotopic (exact) mass is 274 g/mol. The van der Waals surface area contributed by atoms with E-state index in [-0.39, 0.29) is 17.4 Å². The molecule has 0 fully saturated rings. The molecule has 1 heterocycles. The van der Waals surface area contributed by atoms with E-state index in [0.29, 0.717) is 23.4 Å². The maximum Gasteiger partial charge on any atom is 0.274 e. The van der Waals surface area contributed by atoms with Crippen LogP contribution in [-0.4, -0.2) is 18.0 Å². The van der Waals surface area contributed by atoms with Crippen molar-refractivity contribution in [1.29, 1.82) is 0 Å². The summed E-state index contributed by atoms with van der Waals surface area (Å²) in [6, 6.07) is 7.71. The molecule has 2 rings (SSSR count). The van der Waals surface area contributed by atoms with E-state index in [0.717, 1.165) is 0 Å². The van der Waals surface area contributed by atoms with Crippen LogP contribution in [0.2, 0.25) is 0 Å². The molecule has 5 heteroatoms. The van der Waals surface area contributed by atoms with Crippen LogP contribution >= 0.6 is 0 Å². The molecule has 20 heavy (non-hydrogen) atoms. The number of pyridine rings is 1. The van der Waals surface area contributed by atoms with Gasteiger partial charge in [0.15, 0.2) is 0 Å². The Hall–Kier alpha value is -2.43. The van der Waals surface area contributed by atoms with Gasteiger partial charge in [-0.05, 0) is 42.3 Å². The number of nitrogens with one attached hydrogen (secondary N) is 1. The third-order valence-electron chi connectivity index (χ3n) is 2.89. The predicted octanol–water partition coefficient (Wildman–Crippen LogP) is 3.04. The molecule has 0 spiro atoms. The molecule has 0 bridgehead atoms. The average molecular weight is 274 g/mol. The summed E-state index contributed by atoms with van der Waals surface area (Å²) in [4.78, 5) is 16.0. The minimum absolute atomic E-state index is 0.270. The Balaban J connectivity index is 2.14. The van der Waals surface area contributed by atoms with Crippen LogP contribution in [0.25, 0.3) is 0 Å². The first-order valence-corrected chi connectivity index (χ1v) is 6.24. The average Bonchev–Trinajstić information content (AvgIpc) is 2.49. The Morgan fingerprint density at radius 3 is 2.75 bits per heavy atom. The highest BCUT2D eigenvalue weighted by molar-refractivity contribution is 6.02. The fourth-order valence-electron chi connectivity index (χ4n) is 1.75. The fraction of sp³-hybridized carbons (Fsp3) is 0.200. The summed E-state index contributed by atoms with van der Waals surface area (Å²) in [6.07, 6.45) is 2.04. The molecular weight excluding hydrogens is 259 g/mol. The van der Waals surface area contributed by atoms with Crippen LogP contribution in [0.1, 0.15) is 23.0 Å². The summed E-state index contributed by atoms with van der Waals surface area (Å²) in [5.74, 6) is -0.0361. The van der Waals surface area contributed by atoms with Crippen molar-refractivity contribution in [1.82, 2.24) is 4.98 Å². The molecule has 0 aliphatic carbocycles. The second-order valence-corrected chi connectivity index (χ2v) is 4.20. The Bertz CT molecular complexity index is 612. The van der Waals surface area contributed by atoms with Crippen molar-refractivity contribution in [2.24, 2.45) is 0 Å². The second kappa shape index (κ2) is 6.14. The number of ether oxygens (including phenoxy) is 1. The van der Waals surface area contributed by atoms with Crippen LogP contribution in [0.4, 0.5) is 10.1 Å². The molecule has 2 aromatic rings. The van der Waals surface area contributed by atoms with Gasteiger partial charge in [-0.2, -0.15) is 0 Å². The molecule has 1 aromatic heterocycles. The van der Waals surface area contributed by atoms with Crippen LogP contribution in [0.3, 0.4) is 0 Å². The van der Waals surface area contributed by atoms with Gasteiger partial charge in [-0.15, -0.1) is 0 Å². The maximum atomic E-state index is 13.4. The lowest BCUT2D eigenvalue weighted by Gasteiger charge is -2.07. The Morgan fingerprint density at radius 1 is 1.35 bits per heavy atom. The smallest absolute Gasteiger partial charge is 0.274 e. The zero-order valence-corrected chi connectivity index (χ0v) is 11.3. The number of carbonyl (C=O) groups excluding carboxylic acids is 1. The minimum Gasteiger partial charge on any atom is -0.495 e. The Kier molecular flexibility index (Phi) is 4.30. The standard InChI is InChI=1S/C15H15FN2O2/c1-3-10-8-11(4-6-13(10)16)18-15(19)14-7-5-12(20-2)9-17-14/h4-9H,3H2,1-2H3,(H,18,19). The summed E-state index contributed by atoms with van der Waals surface area (Å²) in [5, 5.41) is 2.69. The van der Waals surface area contributed by atoms with E-state index in [1.54, 1.807) is 18.2 Å². The third-order valence-corrected chi connectivity index (χ3v) is 2.89. The van der Waals surface area contributed by atoms with E-state index in [1.165, 1.54) is 25.4 Å². The van der Waals surface area contributed by atoms with Gasteiger partial charge in [0.2, 0.25) is 0 Å². The van der Waals surface area contributed by atoms with E-state index in [9.17, 15) is 9.18 Å². The summed E-state index contributed by atoms with van der Waals surface area (Å²) < 4.78 is 18.3. The number of amides is 1. The van der Waals surface area contributed by atoms with Crippen molar-refractivity contribution >= 4 is 11.6 Å². The van der Waals surface area contributed by atoms with E-state index < -0.39 is 0 Å². The van der Waals surface area contributed by atoms with E-state index in [2.05, 4.69) is 10.3 Å². The van der Waals surface area contributed by atoms with Gasteiger partial charge in [0.25, 0.3) is 5.91 Å². The van der Waals surface area contributed by atoms with Crippen LogP contribution in [0.15, 0.2) is 36.5 Å². The Labute approximate surface area is 116 Å². The maximum absolute atomic E-state index is 13.4. The van der Waals surface area contributed by atoms with Gasteiger partial charge < -0.3 is 10.1 Å². The van der Waals surface area contributed by atoms with Crippen molar-refractivity contribution in [2.45, 2.75) is 13.3 Å². The van der Waals surface area contributed by atoms with Gasteiger partial charge in [-0.1, -0.05) is 6.92 Å². The molecule has 1 N–H and O–H groups in total. The largest absolute Gasteiger partial charge is 0.495 e. The number of aromatic nitrogens is 1. The first-order valence-electron chi connectivity index (χ1n) is 6.24. The van der Waals surface area contributed by atoms with E-state index >= 15 is 0 Å². The molecular formula is C15H15FN2O2. The molecule has 1 aromatic carbocycles. The van der Waals surface area contributed by atoms with Gasteiger partial charge in [-0.25, -0.2) is 9.37 Å². The first-order chi connectivity index (χ1) is 9.63. The van der Waals surface area contributed by atoms with Crippen LogP contribution in [-0.2, 0) is 6.42 Å². The second-order valence-electron chi connectivity index (χ2n) is 4.20. The highest BCUT2D eigenvalue weighted by atomic mass is 19.1. The summed E-state index contributed by atoms with van der Waals surface area (Å²) in [5.41, 5.74) is 1.38. The summed E-state index contributed by atoms with van der Waals surface area (Å²) in [6.45, 7) is 1.86. The predicted molar refractivity (Wildman–Crippen MR) is 74.5 cm³/mol.